The van der Waals surface area contributed by atoms with Gasteiger partial charge in [-0.15, -0.1) is 29.7 Å². The summed E-state index contributed by atoms with van der Waals surface area (Å²) in [5.74, 6) is -1.69. The molecule has 0 saturated carbocycles. The largest absolute Gasteiger partial charge is 0.333 e. The number of halogens is 2. The van der Waals surface area contributed by atoms with Gasteiger partial charge in [-0.25, -0.2) is 8.78 Å². The van der Waals surface area contributed by atoms with Crippen molar-refractivity contribution < 1.29 is 13.6 Å². The van der Waals surface area contributed by atoms with Gasteiger partial charge in [0.25, 0.3) is 0 Å². The van der Waals surface area contributed by atoms with Crippen LogP contribution in [0.1, 0.15) is 4.88 Å². The molecule has 0 atom stereocenters. The second-order valence-corrected chi connectivity index (χ2v) is 6.59. The Morgan fingerprint density at radius 1 is 1.32 bits per heavy atom. The molecule has 1 aromatic heterocycles. The second-order valence-electron chi connectivity index (χ2n) is 4.51. The minimum Gasteiger partial charge on any atom is -0.333 e. The molecule has 0 fully saturated rings. The number of amides is 1. The first kappa shape index (κ1) is 16.7. The molecular formula is C16H15F2NOS2. The lowest BCUT2D eigenvalue weighted by molar-refractivity contribution is -0.128. The van der Waals surface area contributed by atoms with E-state index in [9.17, 15) is 13.6 Å². The van der Waals surface area contributed by atoms with E-state index in [0.29, 0.717) is 18.0 Å². The molecule has 22 heavy (non-hydrogen) atoms. The first-order valence-corrected chi connectivity index (χ1v) is 8.45. The van der Waals surface area contributed by atoms with Crippen molar-refractivity contribution in [2.45, 2.75) is 11.4 Å². The van der Waals surface area contributed by atoms with Gasteiger partial charge in [-0.1, -0.05) is 12.1 Å². The molecule has 2 aromatic rings. The minimum absolute atomic E-state index is 0.0666. The number of hydrogen-bond acceptors (Lipinski definition) is 3. The number of hydrogen-bond donors (Lipinski definition) is 0. The SMILES string of the molecule is C=CCN(Cc1cccs1)C(=O)CSc1ccc(F)c(F)c1. The number of thiophene rings is 1. The van der Waals surface area contributed by atoms with Gasteiger partial charge in [0.1, 0.15) is 0 Å². The molecule has 2 nitrogen and oxygen atoms in total. The third kappa shape index (κ3) is 4.68. The van der Waals surface area contributed by atoms with Crippen LogP contribution in [0.15, 0.2) is 53.3 Å². The highest BCUT2D eigenvalue weighted by Crippen LogP contribution is 2.21. The molecular weight excluding hydrogens is 324 g/mol. The molecule has 1 aromatic carbocycles. The zero-order chi connectivity index (χ0) is 15.9. The predicted octanol–water partition coefficient (Wildman–Crippen LogP) is 4.33. The van der Waals surface area contributed by atoms with E-state index in [0.717, 1.165) is 17.0 Å². The summed E-state index contributed by atoms with van der Waals surface area (Å²) in [6.07, 6.45) is 1.67. The molecule has 116 valence electrons. The second kappa shape index (κ2) is 8.10. The van der Waals surface area contributed by atoms with Crippen LogP contribution in [0.2, 0.25) is 0 Å². The van der Waals surface area contributed by atoms with Crippen molar-refractivity contribution in [2.24, 2.45) is 0 Å². The van der Waals surface area contributed by atoms with E-state index in [1.807, 2.05) is 17.5 Å². The molecule has 0 radical (unpaired) electrons. The third-order valence-corrected chi connectivity index (χ3v) is 4.72. The summed E-state index contributed by atoms with van der Waals surface area (Å²) in [6, 6.07) is 7.54. The fourth-order valence-electron chi connectivity index (χ4n) is 1.80. The predicted molar refractivity (Wildman–Crippen MR) is 87.0 cm³/mol. The Labute approximate surface area is 136 Å². The summed E-state index contributed by atoms with van der Waals surface area (Å²) in [5.41, 5.74) is 0. The Morgan fingerprint density at radius 3 is 2.77 bits per heavy atom. The topological polar surface area (TPSA) is 20.3 Å². The van der Waals surface area contributed by atoms with Crippen molar-refractivity contribution in [1.29, 1.82) is 0 Å². The quantitative estimate of drug-likeness (QED) is 0.553. The van der Waals surface area contributed by atoms with Crippen LogP contribution in [-0.4, -0.2) is 23.1 Å². The normalized spacial score (nSPS) is 10.5. The Bertz CT molecular complexity index is 644. The average molecular weight is 339 g/mol. The van der Waals surface area contributed by atoms with Gasteiger partial charge in [-0.2, -0.15) is 0 Å². The van der Waals surface area contributed by atoms with E-state index in [1.54, 1.807) is 22.3 Å². The van der Waals surface area contributed by atoms with Crippen molar-refractivity contribution in [2.75, 3.05) is 12.3 Å². The maximum atomic E-state index is 13.1. The summed E-state index contributed by atoms with van der Waals surface area (Å²) >= 11 is 2.78. The summed E-state index contributed by atoms with van der Waals surface area (Å²) in [5, 5.41) is 1.96. The van der Waals surface area contributed by atoms with Crippen molar-refractivity contribution in [3.05, 3.63) is 64.9 Å². The first-order valence-electron chi connectivity index (χ1n) is 6.59. The van der Waals surface area contributed by atoms with Crippen LogP contribution in [0.4, 0.5) is 8.78 Å². The Hall–Kier alpha value is -1.66. The van der Waals surface area contributed by atoms with Gasteiger partial charge >= 0.3 is 0 Å². The molecule has 0 saturated heterocycles. The zero-order valence-electron chi connectivity index (χ0n) is 11.8. The van der Waals surface area contributed by atoms with E-state index < -0.39 is 11.6 Å². The molecule has 1 heterocycles. The van der Waals surface area contributed by atoms with Gasteiger partial charge in [-0.05, 0) is 29.6 Å². The van der Waals surface area contributed by atoms with Crippen LogP contribution < -0.4 is 0 Å². The Kier molecular flexibility index (Phi) is 6.15. The summed E-state index contributed by atoms with van der Waals surface area (Å²) < 4.78 is 26.0. The highest BCUT2D eigenvalue weighted by Gasteiger charge is 2.14. The van der Waals surface area contributed by atoms with Crippen LogP contribution in [-0.2, 0) is 11.3 Å². The van der Waals surface area contributed by atoms with Crippen molar-refractivity contribution in [3.63, 3.8) is 0 Å². The lowest BCUT2D eigenvalue weighted by Gasteiger charge is -2.20. The number of nitrogens with zero attached hydrogens (tertiary/aromatic N) is 1. The van der Waals surface area contributed by atoms with Crippen LogP contribution in [0.3, 0.4) is 0 Å². The molecule has 0 aliphatic heterocycles. The summed E-state index contributed by atoms with van der Waals surface area (Å²) in [4.78, 5) is 15.6. The molecule has 6 heteroatoms. The Balaban J connectivity index is 1.95. The minimum atomic E-state index is -0.904. The molecule has 0 aliphatic rings. The monoisotopic (exact) mass is 339 g/mol. The molecule has 1 amide bonds. The van der Waals surface area contributed by atoms with Gasteiger partial charge in [0.05, 0.1) is 12.3 Å². The number of benzene rings is 1. The molecule has 0 bridgehead atoms. The first-order chi connectivity index (χ1) is 10.6. The van der Waals surface area contributed by atoms with E-state index in [-0.39, 0.29) is 11.7 Å². The zero-order valence-corrected chi connectivity index (χ0v) is 13.4. The fourth-order valence-corrected chi connectivity index (χ4v) is 3.35. The molecule has 2 rings (SSSR count). The van der Waals surface area contributed by atoms with Gasteiger partial charge in [-0.3, -0.25) is 4.79 Å². The van der Waals surface area contributed by atoms with Crippen LogP contribution in [0.5, 0.6) is 0 Å². The number of carbonyl (C=O) groups excluding carboxylic acids is 1. The maximum Gasteiger partial charge on any atom is 0.233 e. The molecule has 0 N–H and O–H groups in total. The summed E-state index contributed by atoms with van der Waals surface area (Å²) in [6.45, 7) is 4.65. The summed E-state index contributed by atoms with van der Waals surface area (Å²) in [7, 11) is 0. The molecule has 0 unspecified atom stereocenters. The van der Waals surface area contributed by atoms with Crippen molar-refractivity contribution in [1.82, 2.24) is 4.90 Å². The van der Waals surface area contributed by atoms with Gasteiger partial charge < -0.3 is 4.90 Å². The highest BCUT2D eigenvalue weighted by molar-refractivity contribution is 8.00. The van der Waals surface area contributed by atoms with Crippen LogP contribution in [0.25, 0.3) is 0 Å². The smallest absolute Gasteiger partial charge is 0.233 e. The van der Waals surface area contributed by atoms with E-state index >= 15 is 0 Å². The van der Waals surface area contributed by atoms with E-state index in [4.69, 9.17) is 0 Å². The van der Waals surface area contributed by atoms with Gasteiger partial charge in [0.15, 0.2) is 11.6 Å². The lowest BCUT2D eigenvalue weighted by Crippen LogP contribution is -2.31. The van der Waals surface area contributed by atoms with Gasteiger partial charge in [0, 0.05) is 16.3 Å². The Morgan fingerprint density at radius 2 is 2.14 bits per heavy atom. The van der Waals surface area contributed by atoms with Crippen LogP contribution >= 0.6 is 23.1 Å². The number of rotatable bonds is 7. The van der Waals surface area contributed by atoms with Crippen LogP contribution in [0, 0.1) is 11.6 Å². The van der Waals surface area contributed by atoms with Gasteiger partial charge in [0.2, 0.25) is 5.91 Å². The van der Waals surface area contributed by atoms with E-state index in [1.165, 1.54) is 17.8 Å². The standard InChI is InChI=1S/C16H15F2NOS2/c1-2-7-19(10-13-4-3-8-21-13)16(20)11-22-12-5-6-14(17)15(18)9-12/h2-6,8-9H,1,7,10-11H2. The number of carbonyl (C=O) groups is 1. The molecule has 0 aliphatic carbocycles. The fraction of sp³-hybridized carbons (Fsp3) is 0.188. The number of thioether (sulfide) groups is 1. The highest BCUT2D eigenvalue weighted by atomic mass is 32.2. The lowest BCUT2D eigenvalue weighted by atomic mass is 10.3. The average Bonchev–Trinajstić information content (AvgIpc) is 3.01. The maximum absolute atomic E-state index is 13.1. The van der Waals surface area contributed by atoms with Crippen molar-refractivity contribution >= 4 is 29.0 Å². The molecule has 0 spiro atoms. The van der Waals surface area contributed by atoms with E-state index in [2.05, 4.69) is 6.58 Å². The third-order valence-electron chi connectivity index (χ3n) is 2.88. The van der Waals surface area contributed by atoms with Crippen molar-refractivity contribution in [3.8, 4) is 0 Å².